The summed E-state index contributed by atoms with van der Waals surface area (Å²) < 4.78 is 6.12. The Morgan fingerprint density at radius 1 is 1.40 bits per heavy atom. The van der Waals surface area contributed by atoms with Gasteiger partial charge in [-0.05, 0) is 38.5 Å². The lowest BCUT2D eigenvalue weighted by molar-refractivity contribution is 0.391. The fraction of sp³-hybridized carbons (Fsp3) is 0.400. The van der Waals surface area contributed by atoms with Crippen molar-refractivity contribution in [1.82, 2.24) is 10.5 Å². The average molecular weight is 339 g/mol. The molecule has 1 heterocycles. The molecule has 0 saturated heterocycles. The summed E-state index contributed by atoms with van der Waals surface area (Å²) in [7, 11) is 0. The summed E-state index contributed by atoms with van der Waals surface area (Å²) in [4.78, 5) is 0. The quantitative estimate of drug-likeness (QED) is 0.864. The van der Waals surface area contributed by atoms with Crippen molar-refractivity contribution in [3.63, 3.8) is 0 Å². The van der Waals surface area contributed by atoms with Gasteiger partial charge in [-0.2, -0.15) is 0 Å². The number of aromatic nitrogens is 1. The Balaban J connectivity index is 2.15. The van der Waals surface area contributed by atoms with Gasteiger partial charge in [-0.3, -0.25) is 0 Å². The molecule has 0 aliphatic heterocycles. The van der Waals surface area contributed by atoms with Crippen LogP contribution in [0.1, 0.15) is 42.0 Å². The van der Waals surface area contributed by atoms with Gasteiger partial charge in [-0.1, -0.05) is 28.0 Å². The normalized spacial score (nSPS) is 12.6. The summed E-state index contributed by atoms with van der Waals surface area (Å²) in [6.07, 6.45) is 0.882. The Morgan fingerprint density at radius 2 is 2.15 bits per heavy atom. The number of aryl methyl sites for hydroxylation is 2. The van der Waals surface area contributed by atoms with E-state index in [2.05, 4.69) is 33.3 Å². The molecule has 0 radical (unpaired) electrons. The number of nitrogens with zero attached hydrogens (tertiary/aromatic N) is 1. The molecule has 2 rings (SSSR count). The third kappa shape index (κ3) is 3.22. The number of phenolic OH excluding ortho intramolecular Hbond substituents is 1. The molecule has 0 spiro atoms. The minimum atomic E-state index is 0.0844. The highest BCUT2D eigenvalue weighted by Crippen LogP contribution is 2.29. The largest absolute Gasteiger partial charge is 0.508 e. The Morgan fingerprint density at radius 3 is 2.75 bits per heavy atom. The highest BCUT2D eigenvalue weighted by atomic mass is 79.9. The number of halogens is 1. The van der Waals surface area contributed by atoms with Crippen LogP contribution in [-0.4, -0.2) is 10.3 Å². The molecule has 0 amide bonds. The molecule has 0 fully saturated rings. The average Bonchev–Trinajstić information content (AvgIpc) is 2.74. The molecule has 0 saturated carbocycles. The van der Waals surface area contributed by atoms with Crippen LogP contribution in [-0.2, 0) is 6.54 Å². The second-order valence-electron chi connectivity index (χ2n) is 4.85. The first-order valence-electron chi connectivity index (χ1n) is 6.66. The number of hydrogen-bond donors (Lipinski definition) is 2. The van der Waals surface area contributed by atoms with Crippen LogP contribution in [0.15, 0.2) is 27.2 Å². The van der Waals surface area contributed by atoms with Gasteiger partial charge in [0.1, 0.15) is 11.5 Å². The number of benzene rings is 1. The smallest absolute Gasteiger partial charge is 0.138 e. The van der Waals surface area contributed by atoms with E-state index in [0.29, 0.717) is 12.3 Å². The van der Waals surface area contributed by atoms with Gasteiger partial charge in [0.15, 0.2) is 0 Å². The van der Waals surface area contributed by atoms with Gasteiger partial charge < -0.3 is 14.9 Å². The van der Waals surface area contributed by atoms with Crippen LogP contribution in [0.3, 0.4) is 0 Å². The van der Waals surface area contributed by atoms with E-state index in [4.69, 9.17) is 4.52 Å². The van der Waals surface area contributed by atoms with E-state index in [1.165, 1.54) is 0 Å². The van der Waals surface area contributed by atoms with Crippen molar-refractivity contribution < 1.29 is 9.63 Å². The first-order chi connectivity index (χ1) is 9.52. The number of aromatic hydroxyl groups is 1. The minimum absolute atomic E-state index is 0.0844. The molecule has 1 aromatic carbocycles. The molecule has 5 heteroatoms. The maximum Gasteiger partial charge on any atom is 0.138 e. The van der Waals surface area contributed by atoms with Crippen LogP contribution >= 0.6 is 15.9 Å². The zero-order valence-electron chi connectivity index (χ0n) is 11.9. The van der Waals surface area contributed by atoms with Crippen molar-refractivity contribution in [3.8, 4) is 5.75 Å². The zero-order chi connectivity index (χ0) is 14.7. The van der Waals surface area contributed by atoms with Gasteiger partial charge in [-0.25, -0.2) is 0 Å². The lowest BCUT2D eigenvalue weighted by atomic mass is 10.0. The molecule has 1 atom stereocenters. The van der Waals surface area contributed by atoms with E-state index in [0.717, 1.165) is 33.5 Å². The lowest BCUT2D eigenvalue weighted by Gasteiger charge is -2.19. The molecule has 0 bridgehead atoms. The molecule has 0 unspecified atom stereocenters. The summed E-state index contributed by atoms with van der Waals surface area (Å²) in [5.74, 6) is 1.15. The molecular formula is C15H19BrN2O2. The summed E-state index contributed by atoms with van der Waals surface area (Å²) in [5.41, 5.74) is 2.88. The molecular weight excluding hydrogens is 320 g/mol. The molecule has 2 aromatic rings. The molecule has 0 aliphatic carbocycles. The Hall–Kier alpha value is -1.33. The number of hydrogen-bond acceptors (Lipinski definition) is 4. The zero-order valence-corrected chi connectivity index (χ0v) is 13.5. The number of nitrogens with one attached hydrogen (secondary N) is 1. The van der Waals surface area contributed by atoms with Crippen LogP contribution in [0.5, 0.6) is 5.75 Å². The second-order valence-corrected chi connectivity index (χ2v) is 5.76. The van der Waals surface area contributed by atoms with Gasteiger partial charge in [0.05, 0.1) is 5.69 Å². The Labute approximate surface area is 127 Å². The van der Waals surface area contributed by atoms with Gasteiger partial charge >= 0.3 is 0 Å². The predicted molar refractivity (Wildman–Crippen MR) is 81.7 cm³/mol. The van der Waals surface area contributed by atoms with E-state index in [1.807, 2.05) is 26.0 Å². The summed E-state index contributed by atoms with van der Waals surface area (Å²) in [5, 5.41) is 17.4. The summed E-state index contributed by atoms with van der Waals surface area (Å²) in [6.45, 7) is 6.61. The molecule has 0 aliphatic rings. The third-order valence-electron chi connectivity index (χ3n) is 3.48. The van der Waals surface area contributed by atoms with Crippen LogP contribution in [0.4, 0.5) is 0 Å². The third-order valence-corrected chi connectivity index (χ3v) is 3.97. The topological polar surface area (TPSA) is 58.3 Å². The lowest BCUT2D eigenvalue weighted by Crippen LogP contribution is -2.21. The van der Waals surface area contributed by atoms with Gasteiger partial charge in [0.25, 0.3) is 0 Å². The van der Waals surface area contributed by atoms with Crippen molar-refractivity contribution in [2.45, 2.75) is 39.8 Å². The number of phenols is 1. The number of rotatable bonds is 5. The highest BCUT2D eigenvalue weighted by molar-refractivity contribution is 9.10. The minimum Gasteiger partial charge on any atom is -0.508 e. The van der Waals surface area contributed by atoms with Crippen molar-refractivity contribution in [2.24, 2.45) is 0 Å². The summed E-state index contributed by atoms with van der Waals surface area (Å²) in [6, 6.07) is 5.57. The Bertz CT molecular complexity index is 576. The Kier molecular flexibility index (Phi) is 4.83. The molecule has 2 N–H and O–H groups in total. The van der Waals surface area contributed by atoms with E-state index in [1.54, 1.807) is 6.07 Å². The van der Waals surface area contributed by atoms with Crippen LogP contribution in [0.25, 0.3) is 0 Å². The van der Waals surface area contributed by atoms with E-state index in [9.17, 15) is 5.11 Å². The monoisotopic (exact) mass is 338 g/mol. The SMILES string of the molecule is CC[C@@H](NCc1c(C)noc1C)c1cc(Br)ccc1O. The van der Waals surface area contributed by atoms with Crippen LogP contribution in [0.2, 0.25) is 0 Å². The van der Waals surface area contributed by atoms with Crippen LogP contribution in [0, 0.1) is 13.8 Å². The maximum atomic E-state index is 10.0. The van der Waals surface area contributed by atoms with Crippen molar-refractivity contribution in [2.75, 3.05) is 0 Å². The molecule has 108 valence electrons. The first kappa shape index (κ1) is 15.1. The van der Waals surface area contributed by atoms with Gasteiger partial charge in [0, 0.05) is 28.2 Å². The van der Waals surface area contributed by atoms with Gasteiger partial charge in [-0.15, -0.1) is 0 Å². The van der Waals surface area contributed by atoms with Gasteiger partial charge in [0.2, 0.25) is 0 Å². The first-order valence-corrected chi connectivity index (χ1v) is 7.45. The maximum absolute atomic E-state index is 10.0. The van der Waals surface area contributed by atoms with E-state index >= 15 is 0 Å². The van der Waals surface area contributed by atoms with Crippen molar-refractivity contribution in [3.05, 3.63) is 45.3 Å². The second kappa shape index (κ2) is 6.41. The summed E-state index contributed by atoms with van der Waals surface area (Å²) >= 11 is 3.44. The predicted octanol–water partition coefficient (Wildman–Crippen LogP) is 4.00. The standard InChI is InChI=1S/C15H19BrN2O2/c1-4-14(12-7-11(16)5-6-15(12)19)17-8-13-9(2)18-20-10(13)3/h5-7,14,17,19H,4,8H2,1-3H3/t14-/m1/s1. The molecule has 20 heavy (non-hydrogen) atoms. The fourth-order valence-electron chi connectivity index (χ4n) is 2.26. The highest BCUT2D eigenvalue weighted by Gasteiger charge is 2.16. The fourth-order valence-corrected chi connectivity index (χ4v) is 2.64. The van der Waals surface area contributed by atoms with Crippen molar-refractivity contribution >= 4 is 15.9 Å². The van der Waals surface area contributed by atoms with E-state index in [-0.39, 0.29) is 6.04 Å². The molecule has 1 aromatic heterocycles. The van der Waals surface area contributed by atoms with E-state index < -0.39 is 0 Å². The van der Waals surface area contributed by atoms with Crippen LogP contribution < -0.4 is 5.32 Å². The molecule has 4 nitrogen and oxygen atoms in total. The van der Waals surface area contributed by atoms with Crippen molar-refractivity contribution in [1.29, 1.82) is 0 Å².